The van der Waals surface area contributed by atoms with Crippen molar-refractivity contribution in [2.24, 2.45) is 5.16 Å². The molecule has 1 fully saturated rings. The second-order valence-electron chi connectivity index (χ2n) is 3.39. The molecule has 0 aliphatic carbocycles. The van der Waals surface area contributed by atoms with Crippen LogP contribution < -0.4 is 0 Å². The van der Waals surface area contributed by atoms with E-state index >= 15 is 0 Å². The summed E-state index contributed by atoms with van der Waals surface area (Å²) >= 11 is 0. The van der Waals surface area contributed by atoms with Crippen LogP contribution in [0.15, 0.2) is 16.6 Å². The van der Waals surface area contributed by atoms with Gasteiger partial charge in [0, 0.05) is 25.8 Å². The second kappa shape index (κ2) is 4.13. The fraction of sp³-hybridized carbons (Fsp3) is 0.500. The van der Waals surface area contributed by atoms with Gasteiger partial charge in [0.15, 0.2) is 5.76 Å². The number of rotatable bonds is 3. The summed E-state index contributed by atoms with van der Waals surface area (Å²) in [6.45, 7) is 0.344. The zero-order valence-electron chi connectivity index (χ0n) is 8.15. The number of carbonyl (C=O) groups is 2. The highest BCUT2D eigenvalue weighted by molar-refractivity contribution is 5.97. The molecule has 2 heterocycles. The molecule has 2 aliphatic rings. The van der Waals surface area contributed by atoms with Crippen LogP contribution in [0.5, 0.6) is 0 Å². The van der Waals surface area contributed by atoms with Crippen molar-refractivity contribution in [3.05, 3.63) is 11.5 Å². The number of hydrogen-bond acceptors (Lipinski definition) is 4. The molecule has 0 saturated carbocycles. The average molecular weight is 206 g/mol. The fourth-order valence-corrected chi connectivity index (χ4v) is 1.56. The molecular weight excluding hydrogens is 196 g/mol. The molecule has 2 amide bonds. The van der Waals surface area contributed by atoms with Gasteiger partial charge >= 0.3 is 0 Å². The van der Waals surface area contributed by atoms with Gasteiger partial charge in [-0.25, -0.2) is 0 Å². The highest BCUT2D eigenvalue weighted by Gasteiger charge is 2.25. The Labute approximate surface area is 86.7 Å². The van der Waals surface area contributed by atoms with Crippen molar-refractivity contribution >= 4 is 17.7 Å². The van der Waals surface area contributed by atoms with E-state index in [1.165, 1.54) is 4.90 Å². The summed E-state index contributed by atoms with van der Waals surface area (Å²) in [6, 6.07) is 0. The van der Waals surface area contributed by atoms with Gasteiger partial charge in [0.1, 0.15) is 0 Å². The monoisotopic (exact) mass is 206 g/mol. The Bertz CT molecular complexity index is 385. The topological polar surface area (TPSA) is 59.0 Å². The SMILES string of the molecule is O=C1CCCC(=O)N1CCC1=C=C=NO1. The Morgan fingerprint density at radius 2 is 2.07 bits per heavy atom. The maximum Gasteiger partial charge on any atom is 0.229 e. The number of piperidine rings is 1. The van der Waals surface area contributed by atoms with E-state index in [-0.39, 0.29) is 11.8 Å². The van der Waals surface area contributed by atoms with Crippen molar-refractivity contribution in [3.8, 4) is 0 Å². The number of amides is 2. The highest BCUT2D eigenvalue weighted by Crippen LogP contribution is 2.14. The van der Waals surface area contributed by atoms with Crippen LogP contribution in [-0.4, -0.2) is 29.1 Å². The molecule has 0 N–H and O–H groups in total. The smallest absolute Gasteiger partial charge is 0.229 e. The first-order chi connectivity index (χ1) is 7.27. The van der Waals surface area contributed by atoms with Crippen LogP contribution in [0.2, 0.25) is 0 Å². The predicted octanol–water partition coefficient (Wildman–Crippen LogP) is 0.570. The maximum atomic E-state index is 11.4. The summed E-state index contributed by atoms with van der Waals surface area (Å²) in [5.74, 6) is 2.72. The molecule has 0 aromatic carbocycles. The summed E-state index contributed by atoms with van der Waals surface area (Å²) in [7, 11) is 0. The normalized spacial score (nSPS) is 19.5. The maximum absolute atomic E-state index is 11.4. The lowest BCUT2D eigenvalue weighted by atomic mass is 10.1. The molecule has 1 saturated heterocycles. The van der Waals surface area contributed by atoms with E-state index in [0.29, 0.717) is 38.0 Å². The minimum absolute atomic E-state index is 0.102. The van der Waals surface area contributed by atoms with Crippen molar-refractivity contribution in [2.75, 3.05) is 6.54 Å². The van der Waals surface area contributed by atoms with Gasteiger partial charge in [-0.15, -0.1) is 0 Å². The van der Waals surface area contributed by atoms with Crippen LogP contribution >= 0.6 is 0 Å². The van der Waals surface area contributed by atoms with E-state index in [1.807, 2.05) is 0 Å². The first-order valence-electron chi connectivity index (χ1n) is 4.84. The van der Waals surface area contributed by atoms with Crippen molar-refractivity contribution in [1.29, 1.82) is 0 Å². The Kier molecular flexibility index (Phi) is 2.68. The zero-order valence-corrected chi connectivity index (χ0v) is 8.15. The Morgan fingerprint density at radius 1 is 1.33 bits per heavy atom. The van der Waals surface area contributed by atoms with E-state index in [1.54, 1.807) is 0 Å². The molecule has 0 unspecified atom stereocenters. The molecule has 15 heavy (non-hydrogen) atoms. The first-order valence-corrected chi connectivity index (χ1v) is 4.84. The van der Waals surface area contributed by atoms with Crippen molar-refractivity contribution in [2.45, 2.75) is 25.7 Å². The van der Waals surface area contributed by atoms with Gasteiger partial charge in [0.25, 0.3) is 0 Å². The minimum Gasteiger partial charge on any atom is -0.343 e. The van der Waals surface area contributed by atoms with Crippen LogP contribution in [0.3, 0.4) is 0 Å². The van der Waals surface area contributed by atoms with E-state index < -0.39 is 0 Å². The fourth-order valence-electron chi connectivity index (χ4n) is 1.56. The molecule has 78 valence electrons. The Hall–Kier alpha value is -1.83. The van der Waals surface area contributed by atoms with Gasteiger partial charge in [-0.3, -0.25) is 14.5 Å². The van der Waals surface area contributed by atoms with Crippen LogP contribution in [0.4, 0.5) is 0 Å². The number of carbonyl (C=O) groups excluding carboxylic acids is 2. The third-order valence-corrected chi connectivity index (χ3v) is 2.34. The lowest BCUT2D eigenvalue weighted by Crippen LogP contribution is -2.40. The van der Waals surface area contributed by atoms with E-state index in [4.69, 9.17) is 4.84 Å². The van der Waals surface area contributed by atoms with Gasteiger partial charge in [0.05, 0.1) is 5.87 Å². The molecule has 0 radical (unpaired) electrons. The van der Waals surface area contributed by atoms with E-state index in [2.05, 4.69) is 16.8 Å². The first kappa shape index (κ1) is 9.71. The molecule has 5 heteroatoms. The number of hydrogen-bond donors (Lipinski definition) is 0. The number of likely N-dealkylation sites (tertiary alicyclic amines) is 1. The quantitative estimate of drug-likeness (QED) is 0.501. The minimum atomic E-state index is -0.102. The van der Waals surface area contributed by atoms with Gasteiger partial charge < -0.3 is 4.84 Å². The van der Waals surface area contributed by atoms with Gasteiger partial charge in [-0.1, -0.05) is 0 Å². The van der Waals surface area contributed by atoms with Crippen molar-refractivity contribution in [3.63, 3.8) is 0 Å². The second-order valence-corrected chi connectivity index (χ2v) is 3.39. The van der Waals surface area contributed by atoms with Gasteiger partial charge in [-0.05, 0) is 17.3 Å². The van der Waals surface area contributed by atoms with E-state index in [0.717, 1.165) is 0 Å². The third kappa shape index (κ3) is 2.15. The molecular formula is C10H10N2O3. The van der Waals surface area contributed by atoms with Crippen molar-refractivity contribution < 1.29 is 14.4 Å². The number of nitrogens with zero attached hydrogens (tertiary/aromatic N) is 2. The van der Waals surface area contributed by atoms with Crippen molar-refractivity contribution in [1.82, 2.24) is 4.90 Å². The van der Waals surface area contributed by atoms with Gasteiger partial charge in [-0.2, -0.15) is 0 Å². The highest BCUT2D eigenvalue weighted by atomic mass is 16.6. The Morgan fingerprint density at radius 3 is 2.67 bits per heavy atom. The van der Waals surface area contributed by atoms with Gasteiger partial charge in [0.2, 0.25) is 11.8 Å². The van der Waals surface area contributed by atoms with Crippen LogP contribution in [0.25, 0.3) is 0 Å². The van der Waals surface area contributed by atoms with E-state index in [9.17, 15) is 9.59 Å². The average Bonchev–Trinajstić information content (AvgIpc) is 2.70. The standard InChI is InChI=1S/C10H10N2O3/c13-9-2-1-3-10(14)12(9)7-5-8-4-6-11-15-8/h1-3,5,7H2. The third-order valence-electron chi connectivity index (χ3n) is 2.34. The summed E-state index contributed by atoms with van der Waals surface area (Å²) < 4.78 is 0. The predicted molar refractivity (Wildman–Crippen MR) is 50.7 cm³/mol. The summed E-state index contributed by atoms with van der Waals surface area (Å²) in [4.78, 5) is 28.9. The molecule has 0 aromatic rings. The molecule has 2 aliphatic heterocycles. The lowest BCUT2D eigenvalue weighted by molar-refractivity contribution is -0.147. The molecule has 5 nitrogen and oxygen atoms in total. The molecule has 2 rings (SSSR count). The number of imide groups is 1. The summed E-state index contributed by atoms with van der Waals surface area (Å²) in [6.07, 6.45) is 2.03. The molecule has 0 aromatic heterocycles. The van der Waals surface area contributed by atoms with Crippen LogP contribution in [0, 0.1) is 0 Å². The van der Waals surface area contributed by atoms with Crippen LogP contribution in [-0.2, 0) is 14.4 Å². The molecule has 0 bridgehead atoms. The molecule has 0 spiro atoms. The Balaban J connectivity index is 1.92. The van der Waals surface area contributed by atoms with Crippen LogP contribution in [0.1, 0.15) is 25.7 Å². The summed E-state index contributed by atoms with van der Waals surface area (Å²) in [5, 5.41) is 3.38. The lowest BCUT2D eigenvalue weighted by Gasteiger charge is -2.24. The largest absolute Gasteiger partial charge is 0.343 e. The summed E-state index contributed by atoms with van der Waals surface area (Å²) in [5.41, 5.74) is 2.65. The molecule has 0 atom stereocenters. The zero-order chi connectivity index (χ0) is 10.7.